The van der Waals surface area contributed by atoms with E-state index in [1.54, 1.807) is 30.3 Å². The smallest absolute Gasteiger partial charge is 0.282 e. The molecule has 0 amide bonds. The number of azo groups is 1. The van der Waals surface area contributed by atoms with Gasteiger partial charge < -0.3 is 0 Å². The predicted molar refractivity (Wildman–Crippen MR) is 101 cm³/mol. The van der Waals surface area contributed by atoms with Gasteiger partial charge >= 0.3 is 5.95 Å². The molecule has 2 aromatic carbocycles. The Bertz CT molecular complexity index is 1310. The molecule has 16 heteroatoms. The van der Waals surface area contributed by atoms with Gasteiger partial charge in [-0.1, -0.05) is 35.4 Å². The number of amidine groups is 1. The molecule has 0 fully saturated rings. The van der Waals surface area contributed by atoms with Crippen LogP contribution >= 0.6 is 0 Å². The third-order valence-electron chi connectivity index (χ3n) is 3.41. The van der Waals surface area contributed by atoms with E-state index in [-0.39, 0.29) is 17.5 Å². The number of hydrazone groups is 1. The van der Waals surface area contributed by atoms with Crippen molar-refractivity contribution in [1.29, 1.82) is 0 Å². The number of hydrogen-bond acceptors (Lipinski definition) is 10. The summed E-state index contributed by atoms with van der Waals surface area (Å²) < 4.78 is 64.3. The lowest BCUT2D eigenvalue weighted by Crippen LogP contribution is -2.08. The molecule has 0 spiro atoms. The van der Waals surface area contributed by atoms with Crippen LogP contribution in [0.1, 0.15) is 5.56 Å². The Labute approximate surface area is 169 Å². The van der Waals surface area contributed by atoms with Gasteiger partial charge in [-0.3, -0.25) is 14.5 Å². The average molecular weight is 452 g/mol. The standard InChI is InChI=1S/C14H12N8O6S2/c23-29(24,25)10-6-7-11(12(8-10)30(26,27)28)15-16-13(9-4-2-1-3-5-9)17-18-14-19-21-22-20-14/h1-8,15H,(H,23,24,25)(H,26,27,28)(H,19,20,21,22)/b16-13+,18-17?. The zero-order valence-electron chi connectivity index (χ0n) is 14.6. The lowest BCUT2D eigenvalue weighted by Gasteiger charge is -2.09. The first-order valence-corrected chi connectivity index (χ1v) is 10.7. The lowest BCUT2D eigenvalue weighted by molar-refractivity contribution is 0.481. The minimum atomic E-state index is -4.87. The monoisotopic (exact) mass is 452 g/mol. The summed E-state index contributed by atoms with van der Waals surface area (Å²) in [5.74, 6) is -0.115. The highest BCUT2D eigenvalue weighted by molar-refractivity contribution is 7.86. The Morgan fingerprint density at radius 3 is 2.33 bits per heavy atom. The van der Waals surface area contributed by atoms with Crippen LogP contribution in [0, 0.1) is 0 Å². The average Bonchev–Trinajstić information content (AvgIpc) is 3.21. The minimum absolute atomic E-state index is 0.0273. The van der Waals surface area contributed by atoms with Gasteiger partial charge in [-0.25, -0.2) is 0 Å². The zero-order chi connectivity index (χ0) is 21.8. The van der Waals surface area contributed by atoms with Crippen molar-refractivity contribution < 1.29 is 25.9 Å². The summed E-state index contributed by atoms with van der Waals surface area (Å²) in [5.41, 5.74) is 2.57. The van der Waals surface area contributed by atoms with Crippen molar-refractivity contribution in [2.24, 2.45) is 15.3 Å². The molecule has 0 saturated carbocycles. The maximum Gasteiger partial charge on any atom is 0.307 e. The van der Waals surface area contributed by atoms with Crippen LogP contribution in [-0.4, -0.2) is 52.4 Å². The summed E-state index contributed by atoms with van der Waals surface area (Å²) in [6.45, 7) is 0. The van der Waals surface area contributed by atoms with Crippen molar-refractivity contribution in [1.82, 2.24) is 20.6 Å². The molecule has 14 nitrogen and oxygen atoms in total. The molecular weight excluding hydrogens is 440 g/mol. The number of rotatable bonds is 6. The molecule has 3 aromatic rings. The highest BCUT2D eigenvalue weighted by atomic mass is 32.2. The van der Waals surface area contributed by atoms with E-state index in [9.17, 15) is 21.4 Å². The highest BCUT2D eigenvalue weighted by Crippen LogP contribution is 2.25. The Hall–Kier alpha value is -3.60. The van der Waals surface area contributed by atoms with E-state index in [4.69, 9.17) is 4.55 Å². The van der Waals surface area contributed by atoms with Gasteiger partial charge in [0.15, 0.2) is 0 Å². The number of H-pyrrole nitrogens is 1. The normalized spacial score (nSPS) is 12.9. The molecule has 0 aliphatic rings. The fourth-order valence-electron chi connectivity index (χ4n) is 2.10. The number of benzene rings is 2. The van der Waals surface area contributed by atoms with Crippen molar-refractivity contribution in [2.75, 3.05) is 5.43 Å². The summed E-state index contributed by atoms with van der Waals surface area (Å²) in [7, 11) is -9.58. The summed E-state index contributed by atoms with van der Waals surface area (Å²) >= 11 is 0. The molecule has 1 heterocycles. The number of tetrazole rings is 1. The molecule has 156 valence electrons. The Kier molecular flexibility index (Phi) is 5.92. The lowest BCUT2D eigenvalue weighted by atomic mass is 10.2. The van der Waals surface area contributed by atoms with Gasteiger partial charge in [0.25, 0.3) is 20.2 Å². The van der Waals surface area contributed by atoms with Gasteiger partial charge in [0, 0.05) is 5.56 Å². The van der Waals surface area contributed by atoms with Crippen molar-refractivity contribution in [2.45, 2.75) is 9.79 Å². The van der Waals surface area contributed by atoms with Gasteiger partial charge in [-0.2, -0.15) is 27.2 Å². The molecule has 3 rings (SSSR count). The number of nitrogens with zero attached hydrogens (tertiary/aromatic N) is 6. The second kappa shape index (κ2) is 8.41. The summed E-state index contributed by atoms with van der Waals surface area (Å²) in [6.07, 6.45) is 0. The minimum Gasteiger partial charge on any atom is -0.282 e. The van der Waals surface area contributed by atoms with Gasteiger partial charge in [-0.15, -0.1) is 15.3 Å². The third-order valence-corrected chi connectivity index (χ3v) is 5.15. The van der Waals surface area contributed by atoms with Crippen LogP contribution in [0.25, 0.3) is 0 Å². The maximum absolute atomic E-state index is 11.7. The molecule has 0 aliphatic carbocycles. The van der Waals surface area contributed by atoms with E-state index in [0.29, 0.717) is 11.6 Å². The largest absolute Gasteiger partial charge is 0.307 e. The molecule has 4 N–H and O–H groups in total. The number of hydrogen-bond donors (Lipinski definition) is 4. The van der Waals surface area contributed by atoms with Crippen molar-refractivity contribution in [3.63, 3.8) is 0 Å². The molecule has 0 atom stereocenters. The van der Waals surface area contributed by atoms with E-state index in [0.717, 1.165) is 12.1 Å². The van der Waals surface area contributed by atoms with Crippen molar-refractivity contribution >= 4 is 37.7 Å². The van der Waals surface area contributed by atoms with E-state index >= 15 is 0 Å². The Morgan fingerprint density at radius 1 is 1.00 bits per heavy atom. The van der Waals surface area contributed by atoms with Gasteiger partial charge in [-0.05, 0) is 23.4 Å². The van der Waals surface area contributed by atoms with Crippen LogP contribution < -0.4 is 5.43 Å². The number of aromatic nitrogens is 4. The molecule has 0 bridgehead atoms. The summed E-state index contributed by atoms with van der Waals surface area (Å²) in [6, 6.07) is 10.9. The third kappa shape index (κ3) is 5.26. The Balaban J connectivity index is 2.03. The summed E-state index contributed by atoms with van der Waals surface area (Å²) in [4.78, 5) is -1.56. The molecule has 0 unspecified atom stereocenters. The number of aromatic amines is 1. The fourth-order valence-corrected chi connectivity index (χ4v) is 3.35. The Morgan fingerprint density at radius 2 is 1.73 bits per heavy atom. The summed E-state index contributed by atoms with van der Waals surface area (Å²) in [5, 5.41) is 24.3. The van der Waals surface area contributed by atoms with Crippen molar-refractivity contribution in [3.05, 3.63) is 54.1 Å². The maximum atomic E-state index is 11.7. The first-order chi connectivity index (χ1) is 14.1. The molecule has 30 heavy (non-hydrogen) atoms. The van der Waals surface area contributed by atoms with E-state index in [1.807, 2.05) is 0 Å². The van der Waals surface area contributed by atoms with Gasteiger partial charge in [0.05, 0.1) is 10.6 Å². The molecular formula is C14H12N8O6S2. The molecule has 0 saturated heterocycles. The molecule has 1 aromatic heterocycles. The first-order valence-electron chi connectivity index (χ1n) is 7.78. The second-order valence-electron chi connectivity index (χ2n) is 5.43. The van der Waals surface area contributed by atoms with Crippen molar-refractivity contribution in [3.8, 4) is 0 Å². The molecule has 0 aliphatic heterocycles. The number of anilines is 1. The highest BCUT2D eigenvalue weighted by Gasteiger charge is 2.20. The van der Waals surface area contributed by atoms with Crippen LogP contribution in [0.5, 0.6) is 0 Å². The molecule has 0 radical (unpaired) electrons. The first kappa shape index (κ1) is 21.1. The van der Waals surface area contributed by atoms with Crippen LogP contribution in [-0.2, 0) is 20.2 Å². The van der Waals surface area contributed by atoms with E-state index in [1.165, 1.54) is 0 Å². The van der Waals surface area contributed by atoms with Gasteiger partial charge in [0.1, 0.15) is 4.90 Å². The van der Waals surface area contributed by atoms with E-state index < -0.39 is 30.0 Å². The zero-order valence-corrected chi connectivity index (χ0v) is 16.3. The predicted octanol–water partition coefficient (Wildman–Crippen LogP) is 1.25. The van der Waals surface area contributed by atoms with Crippen LogP contribution in [0.2, 0.25) is 0 Å². The number of nitrogens with one attached hydrogen (secondary N) is 2. The van der Waals surface area contributed by atoms with Crippen LogP contribution in [0.15, 0.2) is 73.7 Å². The van der Waals surface area contributed by atoms with Crippen LogP contribution in [0.4, 0.5) is 11.6 Å². The fraction of sp³-hybridized carbons (Fsp3) is 0. The topological polar surface area (TPSA) is 212 Å². The quantitative estimate of drug-likeness (QED) is 0.138. The second-order valence-corrected chi connectivity index (χ2v) is 8.24. The van der Waals surface area contributed by atoms with Crippen LogP contribution in [0.3, 0.4) is 0 Å². The SMILES string of the molecule is O=S(=O)(O)c1ccc(N/N=C(/N=Nc2nn[nH]n2)c2ccccc2)c(S(=O)(=O)O)c1. The van der Waals surface area contributed by atoms with Gasteiger partial charge in [0.2, 0.25) is 5.84 Å². The van der Waals surface area contributed by atoms with E-state index in [2.05, 4.69) is 41.4 Å².